The van der Waals surface area contributed by atoms with Crippen LogP contribution in [0, 0.1) is 0 Å². The first-order chi connectivity index (χ1) is 11.5. The smallest absolute Gasteiger partial charge is 0.331 e. The Bertz CT molecular complexity index is 613. The van der Waals surface area contributed by atoms with Gasteiger partial charge in [0, 0.05) is 11.6 Å². The zero-order chi connectivity index (χ0) is 19.3. The van der Waals surface area contributed by atoms with E-state index in [1.807, 2.05) is 32.0 Å². The minimum absolute atomic E-state index is 0.131. The minimum Gasteiger partial charge on any atom is -0.496 e. The molecule has 4 nitrogen and oxygen atoms in total. The van der Waals surface area contributed by atoms with Gasteiger partial charge in [0.2, 0.25) is 0 Å². The van der Waals surface area contributed by atoms with Crippen molar-refractivity contribution in [1.29, 1.82) is 0 Å². The van der Waals surface area contributed by atoms with Gasteiger partial charge >= 0.3 is 5.97 Å². The van der Waals surface area contributed by atoms with Gasteiger partial charge in [-0.2, -0.15) is 0 Å². The Morgan fingerprint density at radius 1 is 1.24 bits per heavy atom. The summed E-state index contributed by atoms with van der Waals surface area (Å²) in [7, 11) is -0.240. The van der Waals surface area contributed by atoms with Gasteiger partial charge in [0.25, 0.3) is 0 Å². The van der Waals surface area contributed by atoms with Crippen LogP contribution in [0.3, 0.4) is 0 Å². The SMILES string of the molecule is COc1cccc(/C=C/C(=O)OC(C)C)c1CO[Si](C)(C)C(C)(C)C. The number of hydrogen-bond donors (Lipinski definition) is 0. The van der Waals surface area contributed by atoms with E-state index < -0.39 is 8.32 Å². The molecule has 0 aromatic heterocycles. The van der Waals surface area contributed by atoms with Crippen LogP contribution in [-0.4, -0.2) is 27.5 Å². The van der Waals surface area contributed by atoms with Gasteiger partial charge in [-0.15, -0.1) is 0 Å². The molecule has 0 radical (unpaired) electrons. The van der Waals surface area contributed by atoms with E-state index in [1.54, 1.807) is 13.2 Å². The molecule has 0 heterocycles. The topological polar surface area (TPSA) is 44.8 Å². The third kappa shape index (κ3) is 6.33. The van der Waals surface area contributed by atoms with Gasteiger partial charge in [-0.3, -0.25) is 0 Å². The fraction of sp³-hybridized carbons (Fsp3) is 0.550. The molecule has 140 valence electrons. The van der Waals surface area contributed by atoms with Crippen LogP contribution >= 0.6 is 0 Å². The fourth-order valence-corrected chi connectivity index (χ4v) is 2.92. The van der Waals surface area contributed by atoms with Crippen molar-refractivity contribution in [3.8, 4) is 5.75 Å². The Hall–Kier alpha value is -1.59. The molecule has 0 bridgehead atoms. The van der Waals surface area contributed by atoms with Crippen LogP contribution in [0.4, 0.5) is 0 Å². The highest BCUT2D eigenvalue weighted by Gasteiger charge is 2.37. The van der Waals surface area contributed by atoms with Crippen LogP contribution in [0.15, 0.2) is 24.3 Å². The van der Waals surface area contributed by atoms with E-state index in [0.717, 1.165) is 16.9 Å². The first-order valence-electron chi connectivity index (χ1n) is 8.66. The lowest BCUT2D eigenvalue weighted by Gasteiger charge is -2.36. The van der Waals surface area contributed by atoms with E-state index in [0.29, 0.717) is 6.61 Å². The van der Waals surface area contributed by atoms with Gasteiger partial charge in [-0.25, -0.2) is 4.79 Å². The quantitative estimate of drug-likeness (QED) is 0.380. The lowest BCUT2D eigenvalue weighted by Crippen LogP contribution is -2.40. The summed E-state index contributed by atoms with van der Waals surface area (Å²) < 4.78 is 17.0. The predicted molar refractivity (Wildman–Crippen MR) is 105 cm³/mol. The van der Waals surface area contributed by atoms with Gasteiger partial charge in [-0.05, 0) is 49.7 Å². The summed E-state index contributed by atoms with van der Waals surface area (Å²) in [6.07, 6.45) is 3.08. The lowest BCUT2D eigenvalue weighted by molar-refractivity contribution is -0.141. The Morgan fingerprint density at radius 2 is 1.88 bits per heavy atom. The predicted octanol–water partition coefficient (Wildman–Crippen LogP) is 5.18. The summed E-state index contributed by atoms with van der Waals surface area (Å²) >= 11 is 0. The summed E-state index contributed by atoms with van der Waals surface area (Å²) in [5, 5.41) is 0.131. The highest BCUT2D eigenvalue weighted by molar-refractivity contribution is 6.74. The first kappa shape index (κ1) is 21.4. The van der Waals surface area contributed by atoms with Crippen LogP contribution < -0.4 is 4.74 Å². The normalized spacial score (nSPS) is 12.7. The number of methoxy groups -OCH3 is 1. The molecule has 0 aliphatic rings. The van der Waals surface area contributed by atoms with Gasteiger partial charge in [0.1, 0.15) is 5.75 Å². The van der Waals surface area contributed by atoms with E-state index in [2.05, 4.69) is 33.9 Å². The Morgan fingerprint density at radius 3 is 2.40 bits per heavy atom. The number of ether oxygens (including phenoxy) is 2. The number of carbonyl (C=O) groups excluding carboxylic acids is 1. The summed E-state index contributed by atoms with van der Waals surface area (Å²) in [4.78, 5) is 11.8. The third-order valence-electron chi connectivity index (χ3n) is 4.52. The Kier molecular flexibility index (Phi) is 7.44. The first-order valence-corrected chi connectivity index (χ1v) is 11.6. The molecule has 25 heavy (non-hydrogen) atoms. The maximum atomic E-state index is 11.8. The maximum Gasteiger partial charge on any atom is 0.331 e. The number of hydrogen-bond acceptors (Lipinski definition) is 4. The van der Waals surface area contributed by atoms with Crippen molar-refractivity contribution in [3.05, 3.63) is 35.4 Å². The molecule has 1 rings (SSSR count). The molecule has 0 spiro atoms. The van der Waals surface area contributed by atoms with Crippen LogP contribution in [0.2, 0.25) is 18.1 Å². The monoisotopic (exact) mass is 364 g/mol. The summed E-state index contributed by atoms with van der Waals surface area (Å²) in [6.45, 7) is 15.2. The minimum atomic E-state index is -1.88. The molecule has 0 N–H and O–H groups in total. The van der Waals surface area contributed by atoms with Gasteiger partial charge in [0.05, 0.1) is 19.8 Å². The molecule has 0 aliphatic carbocycles. The van der Waals surface area contributed by atoms with Crippen LogP contribution in [-0.2, 0) is 20.6 Å². The van der Waals surface area contributed by atoms with Crippen molar-refractivity contribution >= 4 is 20.4 Å². The molecule has 0 saturated heterocycles. The standard InChI is InChI=1S/C20H32O4Si/c1-15(2)24-19(21)13-12-16-10-9-11-18(22-6)17(16)14-23-25(7,8)20(3,4)5/h9-13,15H,14H2,1-8H3/b13-12+. The van der Waals surface area contributed by atoms with Gasteiger partial charge in [-0.1, -0.05) is 32.9 Å². The summed E-state index contributed by atoms with van der Waals surface area (Å²) in [5.74, 6) is 0.409. The Labute approximate surface area is 153 Å². The molecule has 5 heteroatoms. The second kappa shape index (κ2) is 8.67. The van der Waals surface area contributed by atoms with Crippen molar-refractivity contribution in [2.75, 3.05) is 7.11 Å². The van der Waals surface area contributed by atoms with Crippen LogP contribution in [0.1, 0.15) is 45.7 Å². The van der Waals surface area contributed by atoms with Crippen molar-refractivity contribution in [2.45, 2.75) is 65.5 Å². The number of rotatable bonds is 7. The zero-order valence-electron chi connectivity index (χ0n) is 16.8. The van der Waals surface area contributed by atoms with Gasteiger partial charge < -0.3 is 13.9 Å². The van der Waals surface area contributed by atoms with Crippen molar-refractivity contribution in [3.63, 3.8) is 0 Å². The molecule has 0 unspecified atom stereocenters. The van der Waals surface area contributed by atoms with Crippen molar-refractivity contribution < 1.29 is 18.7 Å². The maximum absolute atomic E-state index is 11.8. The van der Waals surface area contributed by atoms with E-state index >= 15 is 0 Å². The molecule has 0 saturated carbocycles. The molecule has 1 aromatic rings. The van der Waals surface area contributed by atoms with Crippen LogP contribution in [0.25, 0.3) is 6.08 Å². The number of carbonyl (C=O) groups is 1. The molecular weight excluding hydrogens is 332 g/mol. The van der Waals surface area contributed by atoms with Crippen molar-refractivity contribution in [1.82, 2.24) is 0 Å². The molecular formula is C20H32O4Si. The fourth-order valence-electron chi connectivity index (χ4n) is 1.98. The molecule has 0 atom stereocenters. The number of esters is 1. The summed E-state index contributed by atoms with van der Waals surface area (Å²) in [6, 6.07) is 5.77. The lowest BCUT2D eigenvalue weighted by atomic mass is 10.1. The van der Waals surface area contributed by atoms with E-state index in [4.69, 9.17) is 13.9 Å². The molecule has 0 amide bonds. The average molecular weight is 365 g/mol. The molecule has 0 aliphatic heterocycles. The number of benzene rings is 1. The second-order valence-electron chi connectivity index (χ2n) is 7.90. The van der Waals surface area contributed by atoms with E-state index in [9.17, 15) is 4.79 Å². The van der Waals surface area contributed by atoms with Crippen molar-refractivity contribution in [2.24, 2.45) is 0 Å². The highest BCUT2D eigenvalue weighted by Crippen LogP contribution is 2.38. The van der Waals surface area contributed by atoms with Crippen LogP contribution in [0.5, 0.6) is 5.75 Å². The third-order valence-corrected chi connectivity index (χ3v) is 9.00. The summed E-state index contributed by atoms with van der Waals surface area (Å²) in [5.41, 5.74) is 1.85. The molecule has 0 fully saturated rings. The molecule has 1 aromatic carbocycles. The second-order valence-corrected chi connectivity index (χ2v) is 12.7. The van der Waals surface area contributed by atoms with E-state index in [-0.39, 0.29) is 17.1 Å². The van der Waals surface area contributed by atoms with E-state index in [1.165, 1.54) is 6.08 Å². The highest BCUT2D eigenvalue weighted by atomic mass is 28.4. The zero-order valence-corrected chi connectivity index (χ0v) is 17.8. The Balaban J connectivity index is 3.05. The van der Waals surface area contributed by atoms with Gasteiger partial charge in [0.15, 0.2) is 8.32 Å². The average Bonchev–Trinajstić information content (AvgIpc) is 2.49. The largest absolute Gasteiger partial charge is 0.496 e.